The summed E-state index contributed by atoms with van der Waals surface area (Å²) in [6.45, 7) is 0. The Bertz CT molecular complexity index is 438. The van der Waals surface area contributed by atoms with Gasteiger partial charge in [0.15, 0.2) is 9.84 Å². The number of hydrogen-bond acceptors (Lipinski definition) is 3. The summed E-state index contributed by atoms with van der Waals surface area (Å²) in [7, 11) is -2.86. The molecule has 0 N–H and O–H groups in total. The van der Waals surface area contributed by atoms with Gasteiger partial charge in [-0.25, -0.2) is 8.42 Å². The molecular weight excluding hydrogens is 280 g/mol. The Morgan fingerprint density at radius 2 is 1.93 bits per heavy atom. The fourth-order valence-electron chi connectivity index (χ4n) is 1.56. The van der Waals surface area contributed by atoms with Crippen molar-refractivity contribution in [2.45, 2.75) is 12.5 Å². The minimum atomic E-state index is -2.86. The Kier molecular flexibility index (Phi) is 3.02. The van der Waals surface area contributed by atoms with Gasteiger partial charge < -0.3 is 4.74 Å². The van der Waals surface area contributed by atoms with Crippen molar-refractivity contribution in [3.63, 3.8) is 0 Å². The van der Waals surface area contributed by atoms with Crippen molar-refractivity contribution in [3.05, 3.63) is 28.7 Å². The largest absolute Gasteiger partial charge is 0.489 e. The predicted octanol–water partition coefficient (Wildman–Crippen LogP) is 2.02. The number of rotatable bonds is 2. The van der Waals surface area contributed by atoms with E-state index in [1.807, 2.05) is 24.3 Å². The van der Waals surface area contributed by atoms with Gasteiger partial charge >= 0.3 is 0 Å². The average molecular weight is 291 g/mol. The number of benzene rings is 1. The van der Waals surface area contributed by atoms with Crippen LogP contribution in [-0.4, -0.2) is 26.0 Å². The summed E-state index contributed by atoms with van der Waals surface area (Å²) in [5, 5.41) is 0. The zero-order valence-corrected chi connectivity index (χ0v) is 10.4. The molecule has 5 heteroatoms. The van der Waals surface area contributed by atoms with Gasteiger partial charge in [-0.15, -0.1) is 0 Å². The van der Waals surface area contributed by atoms with Gasteiger partial charge in [0, 0.05) is 4.47 Å². The second-order valence-electron chi connectivity index (χ2n) is 3.60. The zero-order valence-electron chi connectivity index (χ0n) is 8.02. The molecule has 0 aliphatic carbocycles. The number of hydrogen-bond donors (Lipinski definition) is 0. The number of halogens is 1. The Morgan fingerprint density at radius 1 is 1.27 bits per heavy atom. The number of ether oxygens (including phenoxy) is 1. The van der Waals surface area contributed by atoms with E-state index in [1.54, 1.807) is 0 Å². The van der Waals surface area contributed by atoms with Crippen LogP contribution in [0.3, 0.4) is 0 Å². The Balaban J connectivity index is 2.02. The smallest absolute Gasteiger partial charge is 0.154 e. The molecule has 0 aromatic heterocycles. The van der Waals surface area contributed by atoms with E-state index in [4.69, 9.17) is 4.74 Å². The minimum absolute atomic E-state index is 0.142. The summed E-state index contributed by atoms with van der Waals surface area (Å²) in [5.41, 5.74) is 0. The predicted molar refractivity (Wildman–Crippen MR) is 61.8 cm³/mol. The Morgan fingerprint density at radius 3 is 2.47 bits per heavy atom. The molecule has 0 spiro atoms. The Labute approximate surface area is 97.5 Å². The molecule has 3 nitrogen and oxygen atoms in total. The monoisotopic (exact) mass is 290 g/mol. The lowest BCUT2D eigenvalue weighted by molar-refractivity contribution is 0.229. The lowest BCUT2D eigenvalue weighted by atomic mass is 10.3. The first-order valence-electron chi connectivity index (χ1n) is 4.68. The fourth-order valence-corrected chi connectivity index (χ4v) is 3.41. The highest BCUT2D eigenvalue weighted by atomic mass is 79.9. The first-order valence-corrected chi connectivity index (χ1v) is 7.29. The second kappa shape index (κ2) is 4.14. The van der Waals surface area contributed by atoms with Crippen LogP contribution in [0.5, 0.6) is 5.75 Å². The highest BCUT2D eigenvalue weighted by Gasteiger charge is 2.29. The van der Waals surface area contributed by atoms with Gasteiger partial charge in [0.25, 0.3) is 0 Å². The zero-order chi connectivity index (χ0) is 10.9. The standard InChI is InChI=1S/C10H11BrO3S/c11-8-1-3-9(4-2-8)14-10-5-6-15(12,13)7-10/h1-4,10H,5-7H2. The van der Waals surface area contributed by atoms with Crippen molar-refractivity contribution in [1.29, 1.82) is 0 Å². The van der Waals surface area contributed by atoms with Gasteiger partial charge in [-0.2, -0.15) is 0 Å². The van der Waals surface area contributed by atoms with Crippen LogP contribution < -0.4 is 4.74 Å². The van der Waals surface area contributed by atoms with E-state index in [1.165, 1.54) is 0 Å². The third kappa shape index (κ3) is 2.95. The SMILES string of the molecule is O=S1(=O)CCC(Oc2ccc(Br)cc2)C1. The van der Waals surface area contributed by atoms with Crippen LogP contribution >= 0.6 is 15.9 Å². The molecular formula is C10H11BrO3S. The third-order valence-corrected chi connectivity index (χ3v) is 4.57. The normalized spacial score (nSPS) is 23.9. The van der Waals surface area contributed by atoms with Gasteiger partial charge in [0.1, 0.15) is 11.9 Å². The molecule has 1 aliphatic heterocycles. The summed E-state index contributed by atoms with van der Waals surface area (Å²) in [4.78, 5) is 0. The molecule has 2 rings (SSSR count). The molecule has 1 heterocycles. The van der Waals surface area contributed by atoms with Crippen LogP contribution in [0.4, 0.5) is 0 Å². The molecule has 0 amide bonds. The van der Waals surface area contributed by atoms with Gasteiger partial charge in [-0.1, -0.05) is 15.9 Å². The van der Waals surface area contributed by atoms with Crippen LogP contribution in [0.25, 0.3) is 0 Å². The molecule has 1 saturated heterocycles. The van der Waals surface area contributed by atoms with Gasteiger partial charge in [0.05, 0.1) is 11.5 Å². The molecule has 1 aromatic carbocycles. The molecule has 0 radical (unpaired) electrons. The average Bonchev–Trinajstić information content (AvgIpc) is 2.50. The molecule has 1 unspecified atom stereocenters. The van der Waals surface area contributed by atoms with Crippen molar-refractivity contribution in [1.82, 2.24) is 0 Å². The maximum Gasteiger partial charge on any atom is 0.154 e. The van der Waals surface area contributed by atoms with E-state index in [0.717, 1.165) is 10.2 Å². The molecule has 82 valence electrons. The van der Waals surface area contributed by atoms with Crippen LogP contribution in [0.1, 0.15) is 6.42 Å². The summed E-state index contributed by atoms with van der Waals surface area (Å²) >= 11 is 3.32. The molecule has 1 aliphatic rings. The highest BCUT2D eigenvalue weighted by molar-refractivity contribution is 9.10. The van der Waals surface area contributed by atoms with Crippen molar-refractivity contribution in [3.8, 4) is 5.75 Å². The van der Waals surface area contributed by atoms with Crippen LogP contribution in [0.15, 0.2) is 28.7 Å². The number of sulfone groups is 1. The first kappa shape index (κ1) is 11.0. The molecule has 1 aromatic rings. The third-order valence-electron chi connectivity index (χ3n) is 2.31. The summed E-state index contributed by atoms with van der Waals surface area (Å²) < 4.78 is 28.9. The molecule has 15 heavy (non-hydrogen) atoms. The lowest BCUT2D eigenvalue weighted by Gasteiger charge is -2.11. The van der Waals surface area contributed by atoms with E-state index in [-0.39, 0.29) is 17.6 Å². The van der Waals surface area contributed by atoms with Gasteiger partial charge in [0.2, 0.25) is 0 Å². The van der Waals surface area contributed by atoms with Crippen molar-refractivity contribution in [2.24, 2.45) is 0 Å². The second-order valence-corrected chi connectivity index (χ2v) is 6.74. The van der Waals surface area contributed by atoms with Crippen molar-refractivity contribution < 1.29 is 13.2 Å². The maximum atomic E-state index is 11.2. The van der Waals surface area contributed by atoms with Crippen molar-refractivity contribution >= 4 is 25.8 Å². The molecule has 1 fully saturated rings. The lowest BCUT2D eigenvalue weighted by Crippen LogP contribution is -2.17. The fraction of sp³-hybridized carbons (Fsp3) is 0.400. The van der Waals surface area contributed by atoms with E-state index >= 15 is 0 Å². The molecule has 0 saturated carbocycles. The van der Waals surface area contributed by atoms with Gasteiger partial charge in [-0.05, 0) is 30.7 Å². The highest BCUT2D eigenvalue weighted by Crippen LogP contribution is 2.21. The maximum absolute atomic E-state index is 11.2. The molecule has 1 atom stereocenters. The van der Waals surface area contributed by atoms with E-state index in [9.17, 15) is 8.42 Å². The molecule has 0 bridgehead atoms. The van der Waals surface area contributed by atoms with E-state index in [0.29, 0.717) is 6.42 Å². The summed E-state index contributed by atoms with van der Waals surface area (Å²) in [6, 6.07) is 7.40. The van der Waals surface area contributed by atoms with Crippen LogP contribution in [0.2, 0.25) is 0 Å². The van der Waals surface area contributed by atoms with Crippen LogP contribution in [-0.2, 0) is 9.84 Å². The topological polar surface area (TPSA) is 43.4 Å². The summed E-state index contributed by atoms with van der Waals surface area (Å²) in [6.07, 6.45) is 0.412. The quantitative estimate of drug-likeness (QED) is 0.837. The first-order chi connectivity index (χ1) is 7.05. The summed E-state index contributed by atoms with van der Waals surface area (Å²) in [5.74, 6) is 1.11. The van der Waals surface area contributed by atoms with E-state index < -0.39 is 9.84 Å². The Hall–Kier alpha value is -0.550. The van der Waals surface area contributed by atoms with Gasteiger partial charge in [-0.3, -0.25) is 0 Å². The van der Waals surface area contributed by atoms with Crippen LogP contribution in [0, 0.1) is 0 Å². The van der Waals surface area contributed by atoms with Crippen molar-refractivity contribution in [2.75, 3.05) is 11.5 Å². The van der Waals surface area contributed by atoms with E-state index in [2.05, 4.69) is 15.9 Å². The minimum Gasteiger partial charge on any atom is -0.489 e.